The minimum absolute atomic E-state index is 0.414. The van der Waals surface area contributed by atoms with Crippen LogP contribution in [0.3, 0.4) is 0 Å². The van der Waals surface area contributed by atoms with E-state index in [1.807, 2.05) is 0 Å². The van der Waals surface area contributed by atoms with E-state index < -0.39 is 0 Å². The average Bonchev–Trinajstić information content (AvgIpc) is 2.92. The number of imidazole rings is 1. The Morgan fingerprint density at radius 3 is 2.90 bits per heavy atom. The quantitative estimate of drug-likeness (QED) is 0.704. The van der Waals surface area contributed by atoms with E-state index in [-0.39, 0.29) is 0 Å². The fourth-order valence-electron chi connectivity index (χ4n) is 3.02. The highest BCUT2D eigenvalue weighted by Gasteiger charge is 2.22. The summed E-state index contributed by atoms with van der Waals surface area (Å²) in [4.78, 5) is 8.30. The Kier molecular flexibility index (Phi) is 2.52. The summed E-state index contributed by atoms with van der Waals surface area (Å²) >= 11 is 0. The molecule has 3 heteroatoms. The molecule has 0 bridgehead atoms. The monoisotopic (exact) mass is 263 g/mol. The van der Waals surface area contributed by atoms with Crippen molar-refractivity contribution in [2.45, 2.75) is 19.3 Å². The summed E-state index contributed by atoms with van der Waals surface area (Å²) in [7, 11) is 0. The second-order valence-electron chi connectivity index (χ2n) is 5.53. The van der Waals surface area contributed by atoms with Crippen LogP contribution >= 0.6 is 0 Å². The Labute approximate surface area is 118 Å². The number of aromatic amines is 1. The van der Waals surface area contributed by atoms with Gasteiger partial charge in [0.25, 0.3) is 0 Å². The predicted molar refractivity (Wildman–Crippen MR) is 82.2 cm³/mol. The molecule has 2 heterocycles. The lowest BCUT2D eigenvalue weighted by Gasteiger charge is -2.24. The smallest absolute Gasteiger partial charge is 0.112 e. The normalized spacial score (nSPS) is 17.8. The Balaban J connectivity index is 1.72. The number of aryl methyl sites for hydroxylation is 1. The van der Waals surface area contributed by atoms with Crippen LogP contribution in [0.25, 0.3) is 11.0 Å². The molecular formula is C17H17N3. The molecular weight excluding hydrogens is 246 g/mol. The van der Waals surface area contributed by atoms with Crippen LogP contribution in [0.4, 0.5) is 5.69 Å². The first-order valence-corrected chi connectivity index (χ1v) is 7.08. The minimum atomic E-state index is 0.414. The molecule has 0 saturated heterocycles. The van der Waals surface area contributed by atoms with Crippen molar-refractivity contribution in [3.05, 3.63) is 59.4 Å². The van der Waals surface area contributed by atoms with Crippen molar-refractivity contribution in [3.63, 3.8) is 0 Å². The molecule has 0 fully saturated rings. The molecule has 0 aliphatic carbocycles. The Morgan fingerprint density at radius 1 is 1.10 bits per heavy atom. The van der Waals surface area contributed by atoms with Gasteiger partial charge in [-0.1, -0.05) is 30.3 Å². The average molecular weight is 263 g/mol. The van der Waals surface area contributed by atoms with E-state index in [1.165, 1.54) is 16.8 Å². The number of hydrogen-bond donors (Lipinski definition) is 2. The van der Waals surface area contributed by atoms with Crippen molar-refractivity contribution in [2.24, 2.45) is 0 Å². The molecule has 1 aromatic heterocycles. The summed E-state index contributed by atoms with van der Waals surface area (Å²) in [5, 5.41) is 3.51. The number of benzene rings is 2. The molecule has 100 valence electrons. The predicted octanol–water partition coefficient (Wildman–Crippen LogP) is 3.62. The zero-order valence-corrected chi connectivity index (χ0v) is 11.5. The van der Waals surface area contributed by atoms with Gasteiger partial charge >= 0.3 is 0 Å². The van der Waals surface area contributed by atoms with Crippen molar-refractivity contribution < 1.29 is 0 Å². The standard InChI is InChI=1S/C17H17N3/c1-11-5-4-8-15-16(11)20-17(19-15)13-9-12-6-2-3-7-14(12)18-10-13/h2-8,13,18H,9-10H2,1H3,(H,19,20). The molecule has 2 N–H and O–H groups in total. The van der Waals surface area contributed by atoms with Gasteiger partial charge in [-0.3, -0.25) is 0 Å². The largest absolute Gasteiger partial charge is 0.384 e. The molecule has 0 radical (unpaired) electrons. The highest BCUT2D eigenvalue weighted by atomic mass is 15.0. The van der Waals surface area contributed by atoms with Gasteiger partial charge in [0.1, 0.15) is 5.82 Å². The van der Waals surface area contributed by atoms with Crippen molar-refractivity contribution >= 4 is 16.7 Å². The summed E-state index contributed by atoms with van der Waals surface area (Å²) < 4.78 is 0. The van der Waals surface area contributed by atoms with Crippen molar-refractivity contribution in [3.8, 4) is 0 Å². The molecule has 0 spiro atoms. The second-order valence-corrected chi connectivity index (χ2v) is 5.53. The zero-order valence-electron chi connectivity index (χ0n) is 11.5. The third-order valence-corrected chi connectivity index (χ3v) is 4.14. The van der Waals surface area contributed by atoms with Crippen LogP contribution in [-0.4, -0.2) is 16.5 Å². The fourth-order valence-corrected chi connectivity index (χ4v) is 3.02. The molecule has 20 heavy (non-hydrogen) atoms. The van der Waals surface area contributed by atoms with E-state index in [1.54, 1.807) is 0 Å². The third-order valence-electron chi connectivity index (χ3n) is 4.14. The van der Waals surface area contributed by atoms with Gasteiger partial charge in [0.2, 0.25) is 0 Å². The maximum absolute atomic E-state index is 4.81. The van der Waals surface area contributed by atoms with E-state index in [0.717, 1.165) is 29.8 Å². The molecule has 0 amide bonds. The SMILES string of the molecule is Cc1cccc2[nH]c(C3CNc4ccccc4C3)nc12. The van der Waals surface area contributed by atoms with Gasteiger partial charge in [0.05, 0.1) is 11.0 Å². The molecule has 1 atom stereocenters. The molecule has 1 aliphatic heterocycles. The topological polar surface area (TPSA) is 40.7 Å². The summed E-state index contributed by atoms with van der Waals surface area (Å²) in [6.45, 7) is 3.05. The first kappa shape index (κ1) is 11.5. The number of fused-ring (bicyclic) bond motifs is 2. The Hall–Kier alpha value is -2.29. The van der Waals surface area contributed by atoms with Crippen LogP contribution in [-0.2, 0) is 6.42 Å². The van der Waals surface area contributed by atoms with Crippen molar-refractivity contribution in [2.75, 3.05) is 11.9 Å². The molecule has 4 rings (SSSR count). The number of H-pyrrole nitrogens is 1. The lowest BCUT2D eigenvalue weighted by molar-refractivity contribution is 0.659. The van der Waals surface area contributed by atoms with Gasteiger partial charge in [0, 0.05) is 18.2 Å². The van der Waals surface area contributed by atoms with Gasteiger partial charge in [-0.05, 0) is 36.6 Å². The highest BCUT2D eigenvalue weighted by Crippen LogP contribution is 2.30. The zero-order chi connectivity index (χ0) is 13.5. The van der Waals surface area contributed by atoms with Crippen molar-refractivity contribution in [1.82, 2.24) is 9.97 Å². The van der Waals surface area contributed by atoms with Gasteiger partial charge in [0.15, 0.2) is 0 Å². The second kappa shape index (κ2) is 4.37. The molecule has 3 aromatic rings. The summed E-state index contributed by atoms with van der Waals surface area (Å²) in [6, 6.07) is 14.8. The summed E-state index contributed by atoms with van der Waals surface area (Å²) in [5.74, 6) is 1.51. The molecule has 1 unspecified atom stereocenters. The number of hydrogen-bond acceptors (Lipinski definition) is 2. The van der Waals surface area contributed by atoms with Gasteiger partial charge in [-0.15, -0.1) is 0 Å². The van der Waals surface area contributed by atoms with Crippen LogP contribution in [0.5, 0.6) is 0 Å². The first-order chi connectivity index (χ1) is 9.81. The maximum atomic E-state index is 4.81. The number of para-hydroxylation sites is 2. The lowest BCUT2D eigenvalue weighted by atomic mass is 9.93. The molecule has 1 aliphatic rings. The van der Waals surface area contributed by atoms with Crippen LogP contribution in [0.15, 0.2) is 42.5 Å². The van der Waals surface area contributed by atoms with Gasteiger partial charge in [-0.2, -0.15) is 0 Å². The number of nitrogens with one attached hydrogen (secondary N) is 2. The van der Waals surface area contributed by atoms with E-state index >= 15 is 0 Å². The Bertz CT molecular complexity index is 773. The maximum Gasteiger partial charge on any atom is 0.112 e. The van der Waals surface area contributed by atoms with E-state index in [0.29, 0.717) is 5.92 Å². The fraction of sp³-hybridized carbons (Fsp3) is 0.235. The van der Waals surface area contributed by atoms with Crippen LogP contribution in [0.2, 0.25) is 0 Å². The highest BCUT2D eigenvalue weighted by molar-refractivity contribution is 5.78. The number of anilines is 1. The van der Waals surface area contributed by atoms with E-state index in [4.69, 9.17) is 4.98 Å². The van der Waals surface area contributed by atoms with E-state index in [2.05, 4.69) is 59.7 Å². The number of nitrogens with zero attached hydrogens (tertiary/aromatic N) is 1. The van der Waals surface area contributed by atoms with Crippen molar-refractivity contribution in [1.29, 1.82) is 0 Å². The van der Waals surface area contributed by atoms with Crippen LogP contribution in [0, 0.1) is 6.92 Å². The Morgan fingerprint density at radius 2 is 2.00 bits per heavy atom. The summed E-state index contributed by atoms with van der Waals surface area (Å²) in [6.07, 6.45) is 1.04. The molecule has 3 nitrogen and oxygen atoms in total. The molecule has 2 aromatic carbocycles. The van der Waals surface area contributed by atoms with Crippen LogP contribution < -0.4 is 5.32 Å². The number of aromatic nitrogens is 2. The van der Waals surface area contributed by atoms with E-state index in [9.17, 15) is 0 Å². The van der Waals surface area contributed by atoms with Crippen LogP contribution in [0.1, 0.15) is 22.9 Å². The minimum Gasteiger partial charge on any atom is -0.384 e. The van der Waals surface area contributed by atoms with Gasteiger partial charge < -0.3 is 10.3 Å². The summed E-state index contributed by atoms with van der Waals surface area (Å²) in [5.41, 5.74) is 6.10. The first-order valence-electron chi connectivity index (χ1n) is 7.08. The number of rotatable bonds is 1. The third kappa shape index (κ3) is 1.78. The lowest BCUT2D eigenvalue weighted by Crippen LogP contribution is -2.22. The van der Waals surface area contributed by atoms with Gasteiger partial charge in [-0.25, -0.2) is 4.98 Å². The molecule has 0 saturated carbocycles.